The van der Waals surface area contributed by atoms with Crippen LogP contribution in [0.5, 0.6) is 0 Å². The fraction of sp³-hybridized carbons (Fsp3) is 0.893. The van der Waals surface area contributed by atoms with Gasteiger partial charge in [0.05, 0.1) is 6.10 Å². The standard InChI is InChI=1S/C28H46O2/c1-17(2)18(3)7-8-19(4)23-11-12-24-22-10-9-20-15-21(29)13-14-27(20,5)26(22)25(30)16-28(23,24)6/h7-8,17-24,26,29H,9-16H2,1-6H3/b8-7+/t18-,19+,20-,21?,22?,23?,24?,26?,27?,28?/m0/s1. The van der Waals surface area contributed by atoms with E-state index < -0.39 is 0 Å². The largest absolute Gasteiger partial charge is 0.393 e. The van der Waals surface area contributed by atoms with E-state index in [4.69, 9.17) is 0 Å². The number of ketones is 1. The second-order valence-electron chi connectivity index (χ2n) is 12.6. The van der Waals surface area contributed by atoms with Crippen molar-refractivity contribution in [1.82, 2.24) is 0 Å². The van der Waals surface area contributed by atoms with Crippen LogP contribution in [0.2, 0.25) is 0 Å². The normalized spacial score (nSPS) is 48.3. The molecule has 0 bridgehead atoms. The molecule has 2 heteroatoms. The van der Waals surface area contributed by atoms with E-state index in [1.165, 1.54) is 25.7 Å². The molecule has 2 nitrogen and oxygen atoms in total. The molecule has 0 aromatic heterocycles. The van der Waals surface area contributed by atoms with Crippen LogP contribution in [0.3, 0.4) is 0 Å². The zero-order valence-corrected chi connectivity index (χ0v) is 20.4. The van der Waals surface area contributed by atoms with Crippen molar-refractivity contribution in [3.05, 3.63) is 12.2 Å². The Hall–Kier alpha value is -0.630. The van der Waals surface area contributed by atoms with Crippen molar-refractivity contribution in [2.24, 2.45) is 58.2 Å². The maximum absolute atomic E-state index is 13.8. The van der Waals surface area contributed by atoms with E-state index in [-0.39, 0.29) is 22.9 Å². The van der Waals surface area contributed by atoms with Crippen LogP contribution < -0.4 is 0 Å². The number of aliphatic hydroxyl groups is 1. The Morgan fingerprint density at radius 1 is 0.967 bits per heavy atom. The second kappa shape index (κ2) is 8.05. The van der Waals surface area contributed by atoms with E-state index in [1.54, 1.807) is 0 Å². The summed E-state index contributed by atoms with van der Waals surface area (Å²) >= 11 is 0. The average Bonchev–Trinajstić information content (AvgIpc) is 3.02. The molecule has 0 radical (unpaired) electrons. The van der Waals surface area contributed by atoms with E-state index in [9.17, 15) is 9.90 Å². The van der Waals surface area contributed by atoms with Gasteiger partial charge in [0.15, 0.2) is 0 Å². The maximum atomic E-state index is 13.8. The minimum Gasteiger partial charge on any atom is -0.393 e. The highest BCUT2D eigenvalue weighted by atomic mass is 16.3. The van der Waals surface area contributed by atoms with Gasteiger partial charge in [0.25, 0.3) is 0 Å². The van der Waals surface area contributed by atoms with Gasteiger partial charge in [-0.1, -0.05) is 53.7 Å². The molecule has 4 aliphatic carbocycles. The van der Waals surface area contributed by atoms with Gasteiger partial charge < -0.3 is 5.11 Å². The Kier molecular flexibility index (Phi) is 6.06. The van der Waals surface area contributed by atoms with Crippen molar-refractivity contribution in [2.75, 3.05) is 0 Å². The molecule has 10 atom stereocenters. The van der Waals surface area contributed by atoms with Crippen molar-refractivity contribution >= 4 is 5.78 Å². The summed E-state index contributed by atoms with van der Waals surface area (Å²) in [7, 11) is 0. The number of aliphatic hydroxyl groups excluding tert-OH is 1. The van der Waals surface area contributed by atoms with Crippen molar-refractivity contribution in [1.29, 1.82) is 0 Å². The lowest BCUT2D eigenvalue weighted by atomic mass is 9.44. The molecule has 0 amide bonds. The summed E-state index contributed by atoms with van der Waals surface area (Å²) in [5, 5.41) is 10.2. The molecular formula is C28H46O2. The highest BCUT2D eigenvalue weighted by molar-refractivity contribution is 5.84. The predicted molar refractivity (Wildman–Crippen MR) is 124 cm³/mol. The average molecular weight is 415 g/mol. The van der Waals surface area contributed by atoms with Gasteiger partial charge in [0.2, 0.25) is 0 Å². The van der Waals surface area contributed by atoms with Gasteiger partial charge in [-0.15, -0.1) is 0 Å². The van der Waals surface area contributed by atoms with Crippen LogP contribution >= 0.6 is 0 Å². The zero-order valence-electron chi connectivity index (χ0n) is 20.4. The Labute approximate surface area is 185 Å². The Balaban J connectivity index is 1.56. The van der Waals surface area contributed by atoms with Crippen LogP contribution in [0.25, 0.3) is 0 Å². The first-order valence-electron chi connectivity index (χ1n) is 13.0. The van der Waals surface area contributed by atoms with E-state index in [1.807, 2.05) is 0 Å². The highest BCUT2D eigenvalue weighted by Crippen LogP contribution is 2.67. The van der Waals surface area contributed by atoms with E-state index in [2.05, 4.69) is 53.7 Å². The maximum Gasteiger partial charge on any atom is 0.137 e. The third-order valence-corrected chi connectivity index (χ3v) is 10.8. The Morgan fingerprint density at radius 2 is 1.70 bits per heavy atom. The summed E-state index contributed by atoms with van der Waals surface area (Å²) in [6.45, 7) is 14.2. The number of rotatable bonds is 4. The summed E-state index contributed by atoms with van der Waals surface area (Å²) in [5.41, 5.74) is 0.317. The van der Waals surface area contributed by atoms with E-state index in [0.717, 1.165) is 25.7 Å². The highest BCUT2D eigenvalue weighted by Gasteiger charge is 2.63. The third-order valence-electron chi connectivity index (χ3n) is 10.8. The van der Waals surface area contributed by atoms with Crippen LogP contribution in [0, 0.1) is 58.2 Å². The molecule has 0 aliphatic heterocycles. The van der Waals surface area contributed by atoms with Gasteiger partial charge in [-0.3, -0.25) is 4.79 Å². The Morgan fingerprint density at radius 3 is 2.40 bits per heavy atom. The van der Waals surface area contributed by atoms with Crippen molar-refractivity contribution < 1.29 is 9.90 Å². The fourth-order valence-electron chi connectivity index (χ4n) is 8.66. The first-order valence-corrected chi connectivity index (χ1v) is 13.0. The quantitative estimate of drug-likeness (QED) is 0.522. The molecule has 4 saturated carbocycles. The smallest absolute Gasteiger partial charge is 0.137 e. The van der Waals surface area contributed by atoms with Gasteiger partial charge in [-0.2, -0.15) is 0 Å². The van der Waals surface area contributed by atoms with Gasteiger partial charge in [-0.05, 0) is 97.2 Å². The monoisotopic (exact) mass is 414 g/mol. The summed E-state index contributed by atoms with van der Waals surface area (Å²) < 4.78 is 0. The van der Waals surface area contributed by atoms with Gasteiger partial charge in [0.1, 0.15) is 5.78 Å². The number of carbonyl (C=O) groups excluding carboxylic acids is 1. The van der Waals surface area contributed by atoms with Crippen molar-refractivity contribution in [3.63, 3.8) is 0 Å². The van der Waals surface area contributed by atoms with E-state index in [0.29, 0.717) is 47.2 Å². The van der Waals surface area contributed by atoms with Gasteiger partial charge in [0, 0.05) is 12.3 Å². The first kappa shape index (κ1) is 22.6. The van der Waals surface area contributed by atoms with Crippen LogP contribution in [0.1, 0.15) is 92.9 Å². The lowest BCUT2D eigenvalue weighted by Gasteiger charge is -2.60. The topological polar surface area (TPSA) is 37.3 Å². The lowest BCUT2D eigenvalue weighted by molar-refractivity contribution is -0.162. The van der Waals surface area contributed by atoms with Crippen LogP contribution in [0.15, 0.2) is 12.2 Å². The first-order chi connectivity index (χ1) is 14.1. The molecule has 0 heterocycles. The molecule has 0 spiro atoms. The Bertz CT molecular complexity index is 680. The van der Waals surface area contributed by atoms with Crippen molar-refractivity contribution in [2.45, 2.75) is 99.0 Å². The van der Waals surface area contributed by atoms with Crippen LogP contribution in [-0.4, -0.2) is 17.0 Å². The second-order valence-corrected chi connectivity index (χ2v) is 12.6. The molecule has 0 aromatic carbocycles. The molecule has 0 saturated heterocycles. The number of allylic oxidation sites excluding steroid dienone is 2. The number of fused-ring (bicyclic) bond motifs is 5. The summed E-state index contributed by atoms with van der Waals surface area (Å²) in [5.74, 6) is 5.18. The third kappa shape index (κ3) is 3.54. The molecule has 4 fully saturated rings. The molecule has 1 N–H and O–H groups in total. The number of Topliss-reactive ketones (excluding diaryl/α,β-unsaturated/α-hetero) is 1. The van der Waals surface area contributed by atoms with Gasteiger partial charge in [-0.25, -0.2) is 0 Å². The van der Waals surface area contributed by atoms with Crippen LogP contribution in [0.4, 0.5) is 0 Å². The summed E-state index contributed by atoms with van der Waals surface area (Å²) in [4.78, 5) is 13.8. The number of hydrogen-bond donors (Lipinski definition) is 1. The number of carbonyl (C=O) groups is 1. The SMILES string of the molecule is CC(C)[C@@H](C)/C=C/[C@@H](C)C1CCC2C3CC[C@H]4CC(O)CCC4(C)C3C(=O)CC21C. The summed E-state index contributed by atoms with van der Waals surface area (Å²) in [6.07, 6.45) is 13.5. The van der Waals surface area contributed by atoms with Crippen molar-refractivity contribution in [3.8, 4) is 0 Å². The zero-order chi connectivity index (χ0) is 21.8. The molecule has 0 aromatic rings. The predicted octanol–water partition coefficient (Wildman–Crippen LogP) is 6.67. The van der Waals surface area contributed by atoms with E-state index >= 15 is 0 Å². The number of hydrogen-bond acceptors (Lipinski definition) is 2. The lowest BCUT2D eigenvalue weighted by Crippen LogP contribution is -2.57. The molecule has 170 valence electrons. The molecule has 30 heavy (non-hydrogen) atoms. The molecule has 7 unspecified atom stereocenters. The minimum atomic E-state index is -0.139. The summed E-state index contributed by atoms with van der Waals surface area (Å²) in [6, 6.07) is 0. The molecular weight excluding hydrogens is 368 g/mol. The molecule has 4 aliphatic rings. The minimum absolute atomic E-state index is 0.136. The van der Waals surface area contributed by atoms with Crippen LogP contribution in [-0.2, 0) is 4.79 Å². The molecule has 4 rings (SSSR count). The van der Waals surface area contributed by atoms with Gasteiger partial charge >= 0.3 is 0 Å². The fourth-order valence-corrected chi connectivity index (χ4v) is 8.66.